The zero-order chi connectivity index (χ0) is 12.2. The minimum absolute atomic E-state index is 0.0975. The summed E-state index contributed by atoms with van der Waals surface area (Å²) in [6, 6.07) is -0.523. The average Bonchev–Trinajstić information content (AvgIpc) is 2.51. The Hall–Kier alpha value is -0.420. The molecule has 0 saturated carbocycles. The van der Waals surface area contributed by atoms with Crippen molar-refractivity contribution in [3.8, 4) is 0 Å². The van der Waals surface area contributed by atoms with Crippen molar-refractivity contribution in [2.45, 2.75) is 31.7 Å². The monoisotopic (exact) mass is 255 g/mol. The first kappa shape index (κ1) is 13.6. The highest BCUT2D eigenvalue weighted by molar-refractivity contribution is 6.18. The van der Waals surface area contributed by atoms with E-state index in [1.165, 1.54) is 4.90 Å². The molecule has 94 valence electrons. The summed E-state index contributed by atoms with van der Waals surface area (Å²) in [5.41, 5.74) is 0. The minimum Gasteiger partial charge on any atom is -0.380 e. The number of amides is 1. The molecule has 0 radical (unpaired) electrons. The van der Waals surface area contributed by atoms with Gasteiger partial charge in [-0.3, -0.25) is 4.79 Å². The quantitative estimate of drug-likeness (QED) is 0.702. The molecule has 1 fully saturated rings. The zero-order valence-electron chi connectivity index (χ0n) is 9.22. The van der Waals surface area contributed by atoms with E-state index in [4.69, 9.17) is 16.3 Å². The third-order valence-electron chi connectivity index (χ3n) is 2.52. The summed E-state index contributed by atoms with van der Waals surface area (Å²) in [7, 11) is 0. The van der Waals surface area contributed by atoms with Crippen molar-refractivity contribution < 1.29 is 18.3 Å². The zero-order valence-corrected chi connectivity index (χ0v) is 9.97. The Kier molecular flexibility index (Phi) is 4.92. The molecule has 0 bridgehead atoms. The SMILES string of the molecule is CCOC[C@H]1CC(F)(F)CN1C(=O)CCCl. The fraction of sp³-hybridized carbons (Fsp3) is 0.900. The highest BCUT2D eigenvalue weighted by atomic mass is 35.5. The number of hydrogen-bond acceptors (Lipinski definition) is 2. The summed E-state index contributed by atoms with van der Waals surface area (Å²) in [6.45, 7) is 1.90. The molecule has 1 amide bonds. The van der Waals surface area contributed by atoms with Crippen LogP contribution in [-0.4, -0.2) is 48.4 Å². The number of carbonyl (C=O) groups excluding carboxylic acids is 1. The Balaban J connectivity index is 2.60. The summed E-state index contributed by atoms with van der Waals surface area (Å²) in [4.78, 5) is 12.8. The predicted octanol–water partition coefficient (Wildman–Crippen LogP) is 1.89. The third-order valence-corrected chi connectivity index (χ3v) is 2.71. The molecule has 16 heavy (non-hydrogen) atoms. The summed E-state index contributed by atoms with van der Waals surface area (Å²) in [5, 5.41) is 0. The number of rotatable bonds is 5. The van der Waals surface area contributed by atoms with Crippen LogP contribution in [0.25, 0.3) is 0 Å². The van der Waals surface area contributed by atoms with E-state index in [2.05, 4.69) is 0 Å². The highest BCUT2D eigenvalue weighted by Gasteiger charge is 2.46. The van der Waals surface area contributed by atoms with Crippen LogP contribution < -0.4 is 0 Å². The first-order valence-electron chi connectivity index (χ1n) is 5.31. The number of alkyl halides is 3. The highest BCUT2D eigenvalue weighted by Crippen LogP contribution is 2.32. The van der Waals surface area contributed by atoms with Gasteiger partial charge in [-0.1, -0.05) is 0 Å². The summed E-state index contributed by atoms with van der Waals surface area (Å²) < 4.78 is 31.5. The molecule has 1 aliphatic rings. The molecule has 1 rings (SSSR count). The molecule has 0 aliphatic carbocycles. The maximum atomic E-state index is 13.2. The maximum Gasteiger partial charge on any atom is 0.267 e. The molecule has 1 saturated heterocycles. The number of hydrogen-bond donors (Lipinski definition) is 0. The molecule has 1 atom stereocenters. The summed E-state index contributed by atoms with van der Waals surface area (Å²) >= 11 is 5.43. The van der Waals surface area contributed by atoms with Gasteiger partial charge in [0.25, 0.3) is 5.92 Å². The molecule has 1 heterocycles. The standard InChI is InChI=1S/C10H16ClF2NO2/c1-2-16-6-8-5-10(12,13)7-14(8)9(15)3-4-11/h8H,2-7H2,1H3/t8-/m1/s1. The second-order valence-electron chi connectivity index (χ2n) is 3.83. The van der Waals surface area contributed by atoms with E-state index >= 15 is 0 Å². The van der Waals surface area contributed by atoms with E-state index in [0.717, 1.165) is 0 Å². The molecule has 6 heteroatoms. The number of ether oxygens (including phenoxy) is 1. The van der Waals surface area contributed by atoms with Crippen LogP contribution in [0.3, 0.4) is 0 Å². The van der Waals surface area contributed by atoms with Crippen molar-refractivity contribution in [2.24, 2.45) is 0 Å². The molecule has 0 spiro atoms. The lowest BCUT2D eigenvalue weighted by Crippen LogP contribution is -2.39. The molecular formula is C10H16ClF2NO2. The van der Waals surface area contributed by atoms with Crippen LogP contribution in [0.4, 0.5) is 8.78 Å². The van der Waals surface area contributed by atoms with Crippen LogP contribution in [-0.2, 0) is 9.53 Å². The van der Waals surface area contributed by atoms with Gasteiger partial charge in [-0.25, -0.2) is 8.78 Å². The van der Waals surface area contributed by atoms with E-state index < -0.39 is 18.5 Å². The van der Waals surface area contributed by atoms with Gasteiger partial charge >= 0.3 is 0 Å². The molecule has 0 N–H and O–H groups in total. The van der Waals surface area contributed by atoms with Crippen molar-refractivity contribution in [2.75, 3.05) is 25.6 Å². The normalized spacial score (nSPS) is 23.8. The van der Waals surface area contributed by atoms with E-state index in [1.54, 1.807) is 6.92 Å². The molecule has 0 aromatic carbocycles. The molecule has 1 aliphatic heterocycles. The van der Waals surface area contributed by atoms with Crippen molar-refractivity contribution in [3.63, 3.8) is 0 Å². The minimum atomic E-state index is -2.80. The Morgan fingerprint density at radius 2 is 2.31 bits per heavy atom. The fourth-order valence-electron chi connectivity index (χ4n) is 1.82. The van der Waals surface area contributed by atoms with Crippen LogP contribution >= 0.6 is 11.6 Å². The lowest BCUT2D eigenvalue weighted by atomic mass is 10.2. The lowest BCUT2D eigenvalue weighted by molar-refractivity contribution is -0.133. The average molecular weight is 256 g/mol. The van der Waals surface area contributed by atoms with Gasteiger partial charge in [-0.15, -0.1) is 11.6 Å². The molecule has 0 aromatic rings. The van der Waals surface area contributed by atoms with Gasteiger partial charge in [0, 0.05) is 25.3 Å². The lowest BCUT2D eigenvalue weighted by Gasteiger charge is -2.23. The van der Waals surface area contributed by atoms with Crippen LogP contribution in [0.2, 0.25) is 0 Å². The van der Waals surface area contributed by atoms with E-state index in [1.807, 2.05) is 0 Å². The maximum absolute atomic E-state index is 13.2. The molecular weight excluding hydrogens is 240 g/mol. The van der Waals surface area contributed by atoms with E-state index in [-0.39, 0.29) is 31.2 Å². The Morgan fingerprint density at radius 1 is 1.62 bits per heavy atom. The number of halogens is 3. The van der Waals surface area contributed by atoms with Crippen molar-refractivity contribution >= 4 is 17.5 Å². The molecule has 0 aromatic heterocycles. The smallest absolute Gasteiger partial charge is 0.267 e. The van der Waals surface area contributed by atoms with Gasteiger partial charge in [0.05, 0.1) is 19.2 Å². The number of likely N-dealkylation sites (tertiary alicyclic amines) is 1. The Morgan fingerprint density at radius 3 is 2.88 bits per heavy atom. The van der Waals surface area contributed by atoms with Gasteiger partial charge in [0.15, 0.2) is 0 Å². The second-order valence-corrected chi connectivity index (χ2v) is 4.21. The molecule has 0 unspecified atom stereocenters. The van der Waals surface area contributed by atoms with Gasteiger partial charge in [-0.05, 0) is 6.92 Å². The summed E-state index contributed by atoms with van der Waals surface area (Å²) in [5.74, 6) is -2.97. The number of nitrogens with zero attached hydrogens (tertiary/aromatic N) is 1. The van der Waals surface area contributed by atoms with Gasteiger partial charge in [-0.2, -0.15) is 0 Å². The fourth-order valence-corrected chi connectivity index (χ4v) is 1.98. The summed E-state index contributed by atoms with van der Waals surface area (Å²) in [6.07, 6.45) is -0.221. The van der Waals surface area contributed by atoms with Gasteiger partial charge in [0.1, 0.15) is 0 Å². The van der Waals surface area contributed by atoms with Crippen molar-refractivity contribution in [1.82, 2.24) is 4.90 Å². The van der Waals surface area contributed by atoms with Crippen molar-refractivity contribution in [3.05, 3.63) is 0 Å². The van der Waals surface area contributed by atoms with E-state index in [0.29, 0.717) is 6.61 Å². The van der Waals surface area contributed by atoms with Gasteiger partial charge in [0.2, 0.25) is 5.91 Å². The first-order valence-corrected chi connectivity index (χ1v) is 5.84. The largest absolute Gasteiger partial charge is 0.380 e. The van der Waals surface area contributed by atoms with E-state index in [9.17, 15) is 13.6 Å². The van der Waals surface area contributed by atoms with Crippen LogP contribution in [0.1, 0.15) is 19.8 Å². The Labute approximate surface area is 98.7 Å². The van der Waals surface area contributed by atoms with Crippen LogP contribution in [0.5, 0.6) is 0 Å². The van der Waals surface area contributed by atoms with Crippen LogP contribution in [0.15, 0.2) is 0 Å². The Bertz CT molecular complexity index is 251. The third kappa shape index (κ3) is 3.56. The number of carbonyl (C=O) groups is 1. The van der Waals surface area contributed by atoms with Crippen molar-refractivity contribution in [1.29, 1.82) is 0 Å². The predicted molar refractivity (Wildman–Crippen MR) is 56.9 cm³/mol. The first-order chi connectivity index (χ1) is 7.50. The molecule has 3 nitrogen and oxygen atoms in total. The van der Waals surface area contributed by atoms with Gasteiger partial charge < -0.3 is 9.64 Å². The van der Waals surface area contributed by atoms with Crippen LogP contribution in [0, 0.1) is 0 Å². The second kappa shape index (κ2) is 5.77. The topological polar surface area (TPSA) is 29.5 Å².